The van der Waals surface area contributed by atoms with Crippen molar-refractivity contribution in [3.05, 3.63) is 24.3 Å². The smallest absolute Gasteiger partial charge is 0.242 e. The van der Waals surface area contributed by atoms with Crippen LogP contribution in [0.15, 0.2) is 24.3 Å². The lowest BCUT2D eigenvalue weighted by Gasteiger charge is -2.48. The van der Waals surface area contributed by atoms with E-state index in [-0.39, 0.29) is 30.3 Å². The molecule has 34 heavy (non-hydrogen) atoms. The van der Waals surface area contributed by atoms with Crippen molar-refractivity contribution in [3.8, 4) is 5.75 Å². The van der Waals surface area contributed by atoms with Gasteiger partial charge in [0.05, 0.1) is 18.7 Å². The molecule has 0 radical (unpaired) electrons. The number of amides is 1. The highest BCUT2D eigenvalue weighted by atomic mass is 16.5. The second-order valence-electron chi connectivity index (χ2n) is 10.2. The molecule has 0 aliphatic carbocycles. The number of carbonyl (C=O) groups is 1. The minimum atomic E-state index is -0.203. The maximum atomic E-state index is 12.7. The van der Waals surface area contributed by atoms with Crippen LogP contribution >= 0.6 is 0 Å². The Bertz CT molecular complexity index is 778. The van der Waals surface area contributed by atoms with Crippen LogP contribution < -0.4 is 36.9 Å². The van der Waals surface area contributed by atoms with E-state index in [4.69, 9.17) is 4.74 Å². The SMILES string of the molecule is O=C1NNCC2NC(N3CCCCCC3)NC(Nc3ccc(OCCC4CCNCC4)cc3)C12. The number of hydrogen-bond acceptors (Lipinski definition) is 8. The summed E-state index contributed by atoms with van der Waals surface area (Å²) >= 11 is 0. The maximum Gasteiger partial charge on any atom is 0.242 e. The minimum Gasteiger partial charge on any atom is -0.494 e. The number of ether oxygens (including phenoxy) is 1. The predicted molar refractivity (Wildman–Crippen MR) is 133 cm³/mol. The first kappa shape index (κ1) is 23.8. The lowest BCUT2D eigenvalue weighted by molar-refractivity contribution is -0.132. The van der Waals surface area contributed by atoms with Crippen molar-refractivity contribution < 1.29 is 9.53 Å². The van der Waals surface area contributed by atoms with E-state index in [9.17, 15) is 4.79 Å². The van der Waals surface area contributed by atoms with Crippen LogP contribution in [0.1, 0.15) is 44.9 Å². The van der Waals surface area contributed by atoms with Gasteiger partial charge >= 0.3 is 0 Å². The van der Waals surface area contributed by atoms with E-state index in [0.29, 0.717) is 6.54 Å². The number of hydrazine groups is 1. The Balaban J connectivity index is 1.19. The van der Waals surface area contributed by atoms with Crippen molar-refractivity contribution in [3.63, 3.8) is 0 Å². The summed E-state index contributed by atoms with van der Waals surface area (Å²) < 4.78 is 6.01. The van der Waals surface area contributed by atoms with Gasteiger partial charge in [0.15, 0.2) is 0 Å². The van der Waals surface area contributed by atoms with Crippen LogP contribution in [0.2, 0.25) is 0 Å². The molecule has 6 N–H and O–H groups in total. The van der Waals surface area contributed by atoms with Crippen molar-refractivity contribution in [2.45, 2.75) is 63.4 Å². The fraction of sp³-hybridized carbons (Fsp3) is 0.720. The summed E-state index contributed by atoms with van der Waals surface area (Å²) in [4.78, 5) is 15.2. The first-order chi connectivity index (χ1) is 16.8. The summed E-state index contributed by atoms with van der Waals surface area (Å²) in [6.45, 7) is 5.90. The molecular weight excluding hydrogens is 430 g/mol. The third-order valence-corrected chi connectivity index (χ3v) is 7.77. The Kier molecular flexibility index (Phi) is 8.18. The predicted octanol–water partition coefficient (Wildman–Crippen LogP) is 1.16. The first-order valence-corrected chi connectivity index (χ1v) is 13.3. The number of hydrogen-bond donors (Lipinski definition) is 6. The molecule has 4 aliphatic rings. The Morgan fingerprint density at radius 1 is 1.00 bits per heavy atom. The van der Waals surface area contributed by atoms with E-state index in [0.717, 1.165) is 56.6 Å². The van der Waals surface area contributed by atoms with Crippen LogP contribution in [0, 0.1) is 11.8 Å². The van der Waals surface area contributed by atoms with Gasteiger partial charge in [-0.25, -0.2) is 5.43 Å². The number of likely N-dealkylation sites (tertiary alicyclic amines) is 1. The normalized spacial score (nSPS) is 31.2. The molecule has 1 aromatic rings. The van der Waals surface area contributed by atoms with E-state index >= 15 is 0 Å². The summed E-state index contributed by atoms with van der Waals surface area (Å²) in [5, 5.41) is 14.4. The summed E-state index contributed by atoms with van der Waals surface area (Å²) in [5.41, 5.74) is 6.85. The van der Waals surface area contributed by atoms with Crippen LogP contribution in [0.5, 0.6) is 5.75 Å². The highest BCUT2D eigenvalue weighted by Crippen LogP contribution is 2.24. The van der Waals surface area contributed by atoms with Gasteiger partial charge in [0, 0.05) is 31.4 Å². The molecule has 4 unspecified atom stereocenters. The van der Waals surface area contributed by atoms with Gasteiger partial charge in [-0.15, -0.1) is 0 Å². The summed E-state index contributed by atoms with van der Waals surface area (Å²) in [6.07, 6.45) is 8.56. The Morgan fingerprint density at radius 3 is 2.53 bits per heavy atom. The number of carbonyl (C=O) groups excluding carboxylic acids is 1. The third kappa shape index (κ3) is 6.01. The Hall–Kier alpha value is -1.91. The van der Waals surface area contributed by atoms with Crippen LogP contribution in [-0.2, 0) is 4.79 Å². The quantitative estimate of drug-likeness (QED) is 0.352. The summed E-state index contributed by atoms with van der Waals surface area (Å²) in [5.74, 6) is 1.48. The van der Waals surface area contributed by atoms with Gasteiger partial charge in [-0.2, -0.15) is 0 Å². The summed E-state index contributed by atoms with van der Waals surface area (Å²) in [7, 11) is 0. The average molecular weight is 472 g/mol. The highest BCUT2D eigenvalue weighted by molar-refractivity contribution is 5.81. The molecule has 188 valence electrons. The van der Waals surface area contributed by atoms with Crippen molar-refractivity contribution in [2.24, 2.45) is 11.8 Å². The lowest BCUT2D eigenvalue weighted by Crippen LogP contribution is -2.76. The number of rotatable bonds is 7. The topological polar surface area (TPSA) is 102 Å². The number of nitrogens with one attached hydrogen (secondary N) is 6. The molecule has 5 rings (SSSR count). The first-order valence-electron chi connectivity index (χ1n) is 13.3. The van der Waals surface area contributed by atoms with Gasteiger partial charge in [0.1, 0.15) is 12.0 Å². The van der Waals surface area contributed by atoms with Crippen molar-refractivity contribution >= 4 is 11.6 Å². The molecule has 1 aromatic carbocycles. The van der Waals surface area contributed by atoms with Crippen LogP contribution in [0.4, 0.5) is 5.69 Å². The largest absolute Gasteiger partial charge is 0.494 e. The molecule has 9 heteroatoms. The molecule has 0 aromatic heterocycles. The average Bonchev–Trinajstić information content (AvgIpc) is 3.15. The second kappa shape index (κ2) is 11.7. The van der Waals surface area contributed by atoms with E-state index in [1.165, 1.54) is 38.5 Å². The standard InChI is InChI=1S/C25H41N7O2/c33-24-22-21(17-27-31-24)29-25(32-14-3-1-2-4-15-32)30-23(22)28-19-5-7-20(8-6-19)34-16-11-18-9-12-26-13-10-18/h5-8,18,21-23,25-30H,1-4,9-17H2,(H,31,33). The number of nitrogens with zero attached hydrogens (tertiary/aromatic N) is 1. The number of anilines is 1. The van der Waals surface area contributed by atoms with Crippen LogP contribution in [0.25, 0.3) is 0 Å². The molecule has 1 amide bonds. The van der Waals surface area contributed by atoms with Gasteiger partial charge in [-0.3, -0.25) is 25.8 Å². The van der Waals surface area contributed by atoms with E-state index in [2.05, 4.69) is 49.2 Å². The molecule has 0 saturated carbocycles. The number of fused-ring (bicyclic) bond motifs is 1. The van der Waals surface area contributed by atoms with Gasteiger partial charge < -0.3 is 15.4 Å². The molecule has 4 heterocycles. The van der Waals surface area contributed by atoms with E-state index in [1.807, 2.05) is 12.1 Å². The molecule has 4 fully saturated rings. The lowest BCUT2D eigenvalue weighted by atomic mass is 9.91. The zero-order chi connectivity index (χ0) is 23.2. The zero-order valence-electron chi connectivity index (χ0n) is 20.2. The Labute approximate surface area is 203 Å². The summed E-state index contributed by atoms with van der Waals surface area (Å²) in [6, 6.07) is 8.23. The number of benzene rings is 1. The molecule has 4 saturated heterocycles. The van der Waals surface area contributed by atoms with Gasteiger partial charge in [-0.05, 0) is 75.4 Å². The highest BCUT2D eigenvalue weighted by Gasteiger charge is 2.44. The minimum absolute atomic E-state index is 0.0148. The fourth-order valence-electron chi connectivity index (χ4n) is 5.75. The van der Waals surface area contributed by atoms with Gasteiger partial charge in [0.2, 0.25) is 5.91 Å². The fourth-order valence-corrected chi connectivity index (χ4v) is 5.75. The van der Waals surface area contributed by atoms with Crippen LogP contribution in [0.3, 0.4) is 0 Å². The zero-order valence-corrected chi connectivity index (χ0v) is 20.2. The Morgan fingerprint density at radius 2 is 1.76 bits per heavy atom. The van der Waals surface area contributed by atoms with Gasteiger partial charge in [0.25, 0.3) is 0 Å². The molecule has 9 nitrogen and oxygen atoms in total. The van der Waals surface area contributed by atoms with Crippen molar-refractivity contribution in [2.75, 3.05) is 44.6 Å². The third-order valence-electron chi connectivity index (χ3n) is 7.77. The molecular formula is C25H41N7O2. The van der Waals surface area contributed by atoms with Crippen molar-refractivity contribution in [1.82, 2.24) is 31.7 Å². The molecule has 0 spiro atoms. The maximum absolute atomic E-state index is 12.7. The van der Waals surface area contributed by atoms with Crippen LogP contribution in [-0.4, -0.2) is 68.6 Å². The monoisotopic (exact) mass is 471 g/mol. The van der Waals surface area contributed by atoms with E-state index < -0.39 is 0 Å². The molecule has 0 bridgehead atoms. The van der Waals surface area contributed by atoms with E-state index in [1.54, 1.807) is 0 Å². The molecule has 4 aliphatic heterocycles. The molecule has 4 atom stereocenters. The number of piperidine rings is 1. The van der Waals surface area contributed by atoms with Crippen molar-refractivity contribution in [1.29, 1.82) is 0 Å². The second-order valence-corrected chi connectivity index (χ2v) is 10.2. The van der Waals surface area contributed by atoms with Gasteiger partial charge in [-0.1, -0.05) is 12.8 Å².